The van der Waals surface area contributed by atoms with Crippen LogP contribution in [0.2, 0.25) is 0 Å². The Bertz CT molecular complexity index is 661. The second-order valence-corrected chi connectivity index (χ2v) is 4.74. The number of benzene rings is 2. The number of hydrogen-bond donors (Lipinski definition) is 0. The molecule has 6 heteroatoms. The van der Waals surface area contributed by atoms with Crippen molar-refractivity contribution in [3.8, 4) is 5.75 Å². The summed E-state index contributed by atoms with van der Waals surface area (Å²) in [6, 6.07) is 12.3. The largest absolute Gasteiger partial charge is 0.497 e. The van der Waals surface area contributed by atoms with Crippen LogP contribution < -0.4 is 9.64 Å². The molecule has 0 heterocycles. The maximum absolute atomic E-state index is 11.3. The van der Waals surface area contributed by atoms with Gasteiger partial charge in [0.2, 0.25) is 0 Å². The Hall–Kier alpha value is -2.27. The van der Waals surface area contributed by atoms with Crippen LogP contribution in [0.4, 0.5) is 17.1 Å². The van der Waals surface area contributed by atoms with Crippen molar-refractivity contribution in [1.82, 2.24) is 0 Å². The zero-order valence-electron chi connectivity index (χ0n) is 11.7. The van der Waals surface area contributed by atoms with Crippen LogP contribution in [0.1, 0.15) is 5.56 Å². The lowest BCUT2D eigenvalue weighted by atomic mass is 10.1. The van der Waals surface area contributed by atoms with Crippen molar-refractivity contribution in [2.24, 2.45) is 0 Å². The number of nitrogens with zero attached hydrogens (tertiary/aromatic N) is 2. The number of nitro benzene ring substituents is 1. The molecule has 110 valence electrons. The van der Waals surface area contributed by atoms with E-state index in [0.29, 0.717) is 17.0 Å². The highest BCUT2D eigenvalue weighted by Gasteiger charge is 2.19. The van der Waals surface area contributed by atoms with E-state index in [0.717, 1.165) is 5.69 Å². The number of hydrogen-bond acceptors (Lipinski definition) is 4. The van der Waals surface area contributed by atoms with E-state index in [1.807, 2.05) is 24.3 Å². The summed E-state index contributed by atoms with van der Waals surface area (Å²) in [5, 5.41) is 11.3. The molecule has 0 amide bonds. The van der Waals surface area contributed by atoms with Crippen LogP contribution in [0.25, 0.3) is 0 Å². The lowest BCUT2D eigenvalue weighted by Gasteiger charge is -2.20. The fourth-order valence-electron chi connectivity index (χ4n) is 2.04. The molecule has 0 N–H and O–H groups in total. The molecule has 0 aromatic heterocycles. The summed E-state index contributed by atoms with van der Waals surface area (Å²) in [5.74, 6) is 0.934. The van der Waals surface area contributed by atoms with Crippen molar-refractivity contribution < 1.29 is 9.66 Å². The van der Waals surface area contributed by atoms with Gasteiger partial charge in [0.25, 0.3) is 5.69 Å². The molecule has 0 spiro atoms. The third kappa shape index (κ3) is 3.25. The van der Waals surface area contributed by atoms with Gasteiger partial charge in [0.15, 0.2) is 0 Å². The van der Waals surface area contributed by atoms with Crippen molar-refractivity contribution >= 4 is 28.7 Å². The molecule has 0 aliphatic heterocycles. The molecular weight excluding hydrogens is 292 g/mol. The van der Waals surface area contributed by atoms with Crippen molar-refractivity contribution in [1.29, 1.82) is 0 Å². The average Bonchev–Trinajstić information content (AvgIpc) is 2.53. The Morgan fingerprint density at radius 2 is 2.05 bits per heavy atom. The SMILES string of the molecule is COc1cccc(N(C)c2ccc(CCl)cc2[N+](=O)[O-])c1. The highest BCUT2D eigenvalue weighted by Crippen LogP contribution is 2.34. The Morgan fingerprint density at radius 3 is 2.67 bits per heavy atom. The van der Waals surface area contributed by atoms with E-state index in [1.165, 1.54) is 6.07 Å². The Morgan fingerprint density at radius 1 is 1.29 bits per heavy atom. The number of anilines is 2. The lowest BCUT2D eigenvalue weighted by Crippen LogP contribution is -2.11. The molecule has 0 radical (unpaired) electrons. The molecule has 0 saturated carbocycles. The fraction of sp³-hybridized carbons (Fsp3) is 0.200. The monoisotopic (exact) mass is 306 g/mol. The summed E-state index contributed by atoms with van der Waals surface area (Å²) in [7, 11) is 3.36. The highest BCUT2D eigenvalue weighted by atomic mass is 35.5. The highest BCUT2D eigenvalue weighted by molar-refractivity contribution is 6.17. The van der Waals surface area contributed by atoms with Gasteiger partial charge in [-0.3, -0.25) is 10.1 Å². The van der Waals surface area contributed by atoms with Gasteiger partial charge >= 0.3 is 0 Å². The number of halogens is 1. The van der Waals surface area contributed by atoms with Gasteiger partial charge < -0.3 is 9.64 Å². The van der Waals surface area contributed by atoms with Crippen molar-refractivity contribution in [2.75, 3.05) is 19.1 Å². The number of nitro groups is 1. The van der Waals surface area contributed by atoms with Gasteiger partial charge in [0.1, 0.15) is 11.4 Å². The van der Waals surface area contributed by atoms with Crippen molar-refractivity contribution in [2.45, 2.75) is 5.88 Å². The molecule has 2 rings (SSSR count). The lowest BCUT2D eigenvalue weighted by molar-refractivity contribution is -0.384. The first-order valence-corrected chi connectivity index (χ1v) is 6.81. The van der Waals surface area contributed by atoms with Crippen LogP contribution in [-0.2, 0) is 5.88 Å². The molecule has 2 aromatic rings. The Balaban J connectivity index is 2.46. The third-order valence-corrected chi connectivity index (χ3v) is 3.50. The topological polar surface area (TPSA) is 55.6 Å². The van der Waals surface area contributed by atoms with Gasteiger partial charge in [-0.2, -0.15) is 0 Å². The van der Waals surface area contributed by atoms with Gasteiger partial charge in [0, 0.05) is 30.7 Å². The molecule has 0 fully saturated rings. The zero-order valence-corrected chi connectivity index (χ0v) is 12.5. The van der Waals surface area contributed by atoms with Crippen LogP contribution in [0, 0.1) is 10.1 Å². The van der Waals surface area contributed by atoms with Crippen LogP contribution >= 0.6 is 11.6 Å². The normalized spacial score (nSPS) is 10.2. The zero-order chi connectivity index (χ0) is 15.4. The molecular formula is C15H15ClN2O3. The molecule has 0 bridgehead atoms. The van der Waals surface area contributed by atoms with Crippen molar-refractivity contribution in [3.05, 3.63) is 58.1 Å². The van der Waals surface area contributed by atoms with E-state index >= 15 is 0 Å². The van der Waals surface area contributed by atoms with Crippen LogP contribution in [0.15, 0.2) is 42.5 Å². The van der Waals surface area contributed by atoms with E-state index in [4.69, 9.17) is 16.3 Å². The van der Waals surface area contributed by atoms with Gasteiger partial charge in [-0.05, 0) is 23.8 Å². The average molecular weight is 307 g/mol. The maximum atomic E-state index is 11.3. The summed E-state index contributed by atoms with van der Waals surface area (Å²) < 4.78 is 5.18. The summed E-state index contributed by atoms with van der Waals surface area (Å²) in [6.07, 6.45) is 0. The van der Waals surface area contributed by atoms with Crippen LogP contribution in [0.5, 0.6) is 5.75 Å². The third-order valence-electron chi connectivity index (χ3n) is 3.19. The first-order valence-electron chi connectivity index (χ1n) is 6.28. The van der Waals surface area contributed by atoms with Crippen molar-refractivity contribution in [3.63, 3.8) is 0 Å². The van der Waals surface area contributed by atoms with E-state index in [-0.39, 0.29) is 11.6 Å². The van der Waals surface area contributed by atoms with Gasteiger partial charge in [-0.25, -0.2) is 0 Å². The second-order valence-electron chi connectivity index (χ2n) is 4.47. The Kier molecular flexibility index (Phi) is 4.65. The number of methoxy groups -OCH3 is 1. The Labute approximate surface area is 127 Å². The summed E-state index contributed by atoms with van der Waals surface area (Å²) in [4.78, 5) is 12.6. The molecule has 0 atom stereocenters. The predicted octanol–water partition coefficient (Wildman–Crippen LogP) is 4.11. The second kappa shape index (κ2) is 6.45. The molecule has 0 aliphatic carbocycles. The standard InChI is InChI=1S/C15H15ClN2O3/c1-17(12-4-3-5-13(9-12)21-2)14-7-6-11(10-16)8-15(14)18(19)20/h3-9H,10H2,1-2H3. The fourth-order valence-corrected chi connectivity index (χ4v) is 2.21. The summed E-state index contributed by atoms with van der Waals surface area (Å²) in [6.45, 7) is 0. The first-order chi connectivity index (χ1) is 10.1. The minimum atomic E-state index is -0.401. The minimum absolute atomic E-state index is 0.0264. The van der Waals surface area contributed by atoms with Gasteiger partial charge in [-0.15, -0.1) is 11.6 Å². The molecule has 0 unspecified atom stereocenters. The van der Waals surface area contributed by atoms with E-state index < -0.39 is 4.92 Å². The molecule has 2 aromatic carbocycles. The molecule has 0 saturated heterocycles. The molecule has 5 nitrogen and oxygen atoms in total. The molecule has 21 heavy (non-hydrogen) atoms. The quantitative estimate of drug-likeness (QED) is 0.474. The van der Waals surface area contributed by atoms with E-state index in [1.54, 1.807) is 31.2 Å². The summed E-state index contributed by atoms with van der Waals surface area (Å²) >= 11 is 5.74. The maximum Gasteiger partial charge on any atom is 0.293 e. The number of alkyl halides is 1. The van der Waals surface area contributed by atoms with Crippen LogP contribution in [-0.4, -0.2) is 19.1 Å². The predicted molar refractivity (Wildman–Crippen MR) is 83.7 cm³/mol. The van der Waals surface area contributed by atoms with E-state index in [2.05, 4.69) is 0 Å². The van der Waals surface area contributed by atoms with Gasteiger partial charge in [-0.1, -0.05) is 12.1 Å². The molecule has 0 aliphatic rings. The van der Waals surface area contributed by atoms with Gasteiger partial charge in [0.05, 0.1) is 12.0 Å². The van der Waals surface area contributed by atoms with E-state index in [9.17, 15) is 10.1 Å². The smallest absolute Gasteiger partial charge is 0.293 e. The summed E-state index contributed by atoms with van der Waals surface area (Å²) in [5.41, 5.74) is 2.04. The first kappa shape index (κ1) is 15.1. The van der Waals surface area contributed by atoms with Crippen LogP contribution in [0.3, 0.4) is 0 Å². The number of rotatable bonds is 5. The minimum Gasteiger partial charge on any atom is -0.497 e. The number of ether oxygens (including phenoxy) is 1.